The van der Waals surface area contributed by atoms with Crippen LogP contribution in [0.5, 0.6) is 0 Å². The van der Waals surface area contributed by atoms with Gasteiger partial charge in [0.25, 0.3) is 11.2 Å². The molecule has 0 saturated carbocycles. The molecule has 7 heteroatoms. The number of carbonyl (C=O) groups excluding carboxylic acids is 1. The molecule has 1 unspecified atom stereocenters. The molecule has 1 aliphatic rings. The highest BCUT2D eigenvalue weighted by Crippen LogP contribution is 2.28. The van der Waals surface area contributed by atoms with Crippen LogP contribution in [-0.2, 0) is 4.79 Å². The summed E-state index contributed by atoms with van der Waals surface area (Å²) in [6.07, 6.45) is 5.48. The highest BCUT2D eigenvalue weighted by atomic mass is 16.6. The Bertz CT molecular complexity index is 463. The van der Waals surface area contributed by atoms with Crippen LogP contribution in [0.1, 0.15) is 13.3 Å². The first-order chi connectivity index (χ1) is 7.87. The number of rotatable bonds is 4. The van der Waals surface area contributed by atoms with Crippen molar-refractivity contribution in [1.82, 2.24) is 0 Å². The number of hydrogen-bond donors (Lipinski definition) is 0. The van der Waals surface area contributed by atoms with E-state index in [9.17, 15) is 25.0 Å². The summed E-state index contributed by atoms with van der Waals surface area (Å²) in [6.45, 7) is 1.25. The van der Waals surface area contributed by atoms with Crippen LogP contribution in [0.3, 0.4) is 0 Å². The SMILES string of the molecule is CC(=O)C=CC1([N+](=O)[O-])C=CC=C([N+](=O)[O-])C1. The summed E-state index contributed by atoms with van der Waals surface area (Å²) < 4.78 is 0. The van der Waals surface area contributed by atoms with E-state index in [4.69, 9.17) is 0 Å². The van der Waals surface area contributed by atoms with E-state index in [1.54, 1.807) is 0 Å². The third-order valence-electron chi connectivity index (χ3n) is 2.32. The van der Waals surface area contributed by atoms with Gasteiger partial charge in [0.05, 0.1) is 4.92 Å². The predicted octanol–water partition coefficient (Wildman–Crippen LogP) is 1.27. The van der Waals surface area contributed by atoms with E-state index < -0.39 is 15.4 Å². The molecule has 0 fully saturated rings. The van der Waals surface area contributed by atoms with Crippen LogP contribution in [0.25, 0.3) is 0 Å². The molecule has 1 atom stereocenters. The van der Waals surface area contributed by atoms with Gasteiger partial charge in [0.15, 0.2) is 5.78 Å². The normalized spacial score (nSPS) is 23.5. The summed E-state index contributed by atoms with van der Waals surface area (Å²) in [5.41, 5.74) is -1.96. The predicted molar refractivity (Wildman–Crippen MR) is 58.4 cm³/mol. The summed E-state index contributed by atoms with van der Waals surface area (Å²) in [6, 6.07) is 0. The second kappa shape index (κ2) is 4.69. The van der Waals surface area contributed by atoms with Crippen molar-refractivity contribution in [3.8, 4) is 0 Å². The molecule has 7 nitrogen and oxygen atoms in total. The van der Waals surface area contributed by atoms with Gasteiger partial charge in [0.1, 0.15) is 6.42 Å². The van der Waals surface area contributed by atoms with Crippen LogP contribution in [0.2, 0.25) is 0 Å². The van der Waals surface area contributed by atoms with E-state index in [0.717, 1.165) is 12.2 Å². The van der Waals surface area contributed by atoms with E-state index in [2.05, 4.69) is 0 Å². The molecule has 90 valence electrons. The van der Waals surface area contributed by atoms with Crippen molar-refractivity contribution in [2.24, 2.45) is 0 Å². The minimum atomic E-state index is -1.71. The molecule has 0 aromatic heterocycles. The van der Waals surface area contributed by atoms with Crippen molar-refractivity contribution in [3.05, 3.63) is 56.3 Å². The first-order valence-corrected chi connectivity index (χ1v) is 4.74. The summed E-state index contributed by atoms with van der Waals surface area (Å²) in [4.78, 5) is 31.1. The first kappa shape index (κ1) is 12.8. The molecule has 0 aromatic carbocycles. The zero-order chi connectivity index (χ0) is 13.1. The molecule has 1 rings (SSSR count). The summed E-state index contributed by atoms with van der Waals surface area (Å²) in [5, 5.41) is 21.6. The molecule has 0 amide bonds. The number of allylic oxidation sites excluding steroid dienone is 3. The number of nitro groups is 2. The molecule has 1 aliphatic carbocycles. The maximum atomic E-state index is 11.0. The fraction of sp³-hybridized carbons (Fsp3) is 0.300. The molecule has 0 heterocycles. The zero-order valence-corrected chi connectivity index (χ0v) is 9.03. The number of carbonyl (C=O) groups is 1. The van der Waals surface area contributed by atoms with E-state index in [0.29, 0.717) is 0 Å². The van der Waals surface area contributed by atoms with Crippen molar-refractivity contribution in [3.63, 3.8) is 0 Å². The van der Waals surface area contributed by atoms with Gasteiger partial charge in [0.2, 0.25) is 0 Å². The molecule has 0 radical (unpaired) electrons. The Labute approximate surface area is 96.4 Å². The third kappa shape index (κ3) is 2.83. The summed E-state index contributed by atoms with van der Waals surface area (Å²) in [7, 11) is 0. The van der Waals surface area contributed by atoms with Crippen LogP contribution in [0.15, 0.2) is 36.1 Å². The molecule has 0 spiro atoms. The average Bonchev–Trinajstić information content (AvgIpc) is 2.26. The Balaban J connectivity index is 3.09. The quantitative estimate of drug-likeness (QED) is 0.416. The van der Waals surface area contributed by atoms with Gasteiger partial charge in [-0.1, -0.05) is 6.08 Å². The minimum absolute atomic E-state index is 0.252. The zero-order valence-electron chi connectivity index (χ0n) is 9.03. The lowest BCUT2D eigenvalue weighted by Gasteiger charge is -2.18. The highest BCUT2D eigenvalue weighted by molar-refractivity contribution is 5.87. The van der Waals surface area contributed by atoms with E-state index in [1.807, 2.05) is 0 Å². The third-order valence-corrected chi connectivity index (χ3v) is 2.32. The van der Waals surface area contributed by atoms with Gasteiger partial charge >= 0.3 is 0 Å². The smallest absolute Gasteiger partial charge is 0.269 e. The van der Waals surface area contributed by atoms with Crippen LogP contribution in [0.4, 0.5) is 0 Å². The topological polar surface area (TPSA) is 103 Å². The van der Waals surface area contributed by atoms with Gasteiger partial charge in [-0.2, -0.15) is 0 Å². The van der Waals surface area contributed by atoms with E-state index >= 15 is 0 Å². The largest absolute Gasteiger partial charge is 0.295 e. The monoisotopic (exact) mass is 238 g/mol. The van der Waals surface area contributed by atoms with E-state index in [-0.39, 0.29) is 17.9 Å². The van der Waals surface area contributed by atoms with E-state index in [1.165, 1.54) is 25.2 Å². The van der Waals surface area contributed by atoms with Crippen LogP contribution in [0, 0.1) is 20.2 Å². The van der Waals surface area contributed by atoms with Crippen molar-refractivity contribution >= 4 is 5.78 Å². The molecular weight excluding hydrogens is 228 g/mol. The van der Waals surface area contributed by atoms with Gasteiger partial charge < -0.3 is 0 Å². The van der Waals surface area contributed by atoms with Crippen molar-refractivity contribution in [1.29, 1.82) is 0 Å². The van der Waals surface area contributed by atoms with Gasteiger partial charge in [-0.3, -0.25) is 25.0 Å². The summed E-state index contributed by atoms with van der Waals surface area (Å²) in [5.74, 6) is -0.350. The Kier molecular flexibility index (Phi) is 3.52. The maximum Gasteiger partial charge on any atom is 0.269 e. The molecule has 0 aromatic rings. The van der Waals surface area contributed by atoms with Gasteiger partial charge in [-0.25, -0.2) is 0 Å². The molecule has 0 aliphatic heterocycles. The first-order valence-electron chi connectivity index (χ1n) is 4.74. The minimum Gasteiger partial charge on any atom is -0.295 e. The second-order valence-corrected chi connectivity index (χ2v) is 3.64. The highest BCUT2D eigenvalue weighted by Gasteiger charge is 2.43. The van der Waals surface area contributed by atoms with Gasteiger partial charge in [-0.15, -0.1) is 0 Å². The van der Waals surface area contributed by atoms with Crippen molar-refractivity contribution in [2.75, 3.05) is 0 Å². The molecule has 0 bridgehead atoms. The lowest BCUT2D eigenvalue weighted by Crippen LogP contribution is -2.36. The Morgan fingerprint density at radius 2 is 2.12 bits per heavy atom. The summed E-state index contributed by atoms with van der Waals surface area (Å²) >= 11 is 0. The average molecular weight is 238 g/mol. The number of hydrogen-bond acceptors (Lipinski definition) is 5. The van der Waals surface area contributed by atoms with Crippen LogP contribution >= 0.6 is 0 Å². The molecule has 17 heavy (non-hydrogen) atoms. The Hall–Kier alpha value is -2.31. The fourth-order valence-electron chi connectivity index (χ4n) is 1.42. The Morgan fingerprint density at radius 1 is 1.47 bits per heavy atom. The van der Waals surface area contributed by atoms with Crippen LogP contribution < -0.4 is 0 Å². The fourth-order valence-corrected chi connectivity index (χ4v) is 1.42. The standard InChI is InChI=1S/C10H10N2O5/c1-8(13)4-6-10(12(16)17)5-2-3-9(7-10)11(14)15/h2-6H,7H2,1H3. The lowest BCUT2D eigenvalue weighted by molar-refractivity contribution is -0.547. The van der Waals surface area contributed by atoms with Gasteiger partial charge in [-0.05, 0) is 19.1 Å². The van der Waals surface area contributed by atoms with Gasteiger partial charge in [0, 0.05) is 17.1 Å². The lowest BCUT2D eigenvalue weighted by atomic mass is 9.89. The van der Waals surface area contributed by atoms with Crippen molar-refractivity contribution < 1.29 is 14.6 Å². The number of nitrogens with zero attached hydrogens (tertiary/aromatic N) is 2. The molecular formula is C10H10N2O5. The Morgan fingerprint density at radius 3 is 2.59 bits per heavy atom. The molecule has 0 saturated heterocycles. The van der Waals surface area contributed by atoms with Crippen molar-refractivity contribution in [2.45, 2.75) is 18.9 Å². The number of ketones is 1. The maximum absolute atomic E-state index is 11.0. The van der Waals surface area contributed by atoms with Crippen LogP contribution in [-0.4, -0.2) is 21.2 Å². The molecule has 0 N–H and O–H groups in total. The second-order valence-electron chi connectivity index (χ2n) is 3.64.